The summed E-state index contributed by atoms with van der Waals surface area (Å²) in [6, 6.07) is 13.3. The summed E-state index contributed by atoms with van der Waals surface area (Å²) < 4.78 is 12.5. The second-order valence-electron chi connectivity index (χ2n) is 14.3. The van der Waals surface area contributed by atoms with E-state index < -0.39 is 11.2 Å². The summed E-state index contributed by atoms with van der Waals surface area (Å²) in [7, 11) is 0. The van der Waals surface area contributed by atoms with Crippen molar-refractivity contribution in [3.05, 3.63) is 41.3 Å². The van der Waals surface area contributed by atoms with Crippen molar-refractivity contribution in [1.29, 1.82) is 0 Å². The van der Waals surface area contributed by atoms with Crippen LogP contribution in [0.3, 0.4) is 0 Å². The lowest BCUT2D eigenvalue weighted by molar-refractivity contribution is 0.0238. The molecule has 236 valence electrons. The summed E-state index contributed by atoms with van der Waals surface area (Å²) in [5, 5.41) is 0. The Morgan fingerprint density at radius 2 is 1.48 bits per heavy atom. The minimum absolute atomic E-state index is 0.217. The minimum Gasteiger partial charge on any atom is -0.444 e. The Hall–Kier alpha value is -3.53. The monoisotopic (exact) mass is 619 g/mol. The number of piperazine rings is 1. The van der Waals surface area contributed by atoms with Crippen molar-refractivity contribution in [2.24, 2.45) is 5.92 Å². The standard InChI is InChI=1S/C34H45N5O4S/c1-22-18-27-30(44-22)28(39-13-12-24-20-38(21-29(24)39)32(41)43-34(5,6)7)19-26(35-27)23-8-10-25(11-9-23)36-14-16-37(17-15-36)31(40)42-33(2,3)4/h8-11,18-19,24,29H,12-17,20-21H2,1-7H3. The van der Waals surface area contributed by atoms with Gasteiger partial charge < -0.3 is 29.1 Å². The zero-order valence-corrected chi connectivity index (χ0v) is 27.9. The van der Waals surface area contributed by atoms with Crippen molar-refractivity contribution in [2.75, 3.05) is 55.6 Å². The second-order valence-corrected chi connectivity index (χ2v) is 15.6. The topological polar surface area (TPSA) is 78.5 Å². The number of aromatic nitrogens is 1. The molecule has 0 N–H and O–H groups in total. The minimum atomic E-state index is -0.501. The fourth-order valence-corrected chi connectivity index (χ4v) is 7.52. The molecule has 0 saturated carbocycles. The van der Waals surface area contributed by atoms with Gasteiger partial charge in [-0.3, -0.25) is 0 Å². The fraction of sp³-hybridized carbons (Fsp3) is 0.559. The zero-order valence-electron chi connectivity index (χ0n) is 27.1. The SMILES string of the molecule is Cc1cc2nc(-c3ccc(N4CCN(C(=O)OC(C)(C)C)CC4)cc3)cc(N3CCC4CN(C(=O)OC(C)(C)C)CC43)c2s1. The fourth-order valence-electron chi connectivity index (χ4n) is 6.54. The molecule has 1 aromatic carbocycles. The number of pyridine rings is 1. The lowest BCUT2D eigenvalue weighted by atomic mass is 10.0. The molecule has 3 aromatic rings. The molecule has 44 heavy (non-hydrogen) atoms. The highest BCUT2D eigenvalue weighted by Crippen LogP contribution is 2.42. The van der Waals surface area contributed by atoms with Crippen molar-refractivity contribution in [1.82, 2.24) is 14.8 Å². The van der Waals surface area contributed by atoms with Crippen LogP contribution in [0, 0.1) is 12.8 Å². The molecule has 0 aliphatic carbocycles. The Bertz CT molecular complexity index is 1530. The first-order chi connectivity index (χ1) is 20.7. The number of hydrogen-bond donors (Lipinski definition) is 0. The van der Waals surface area contributed by atoms with Gasteiger partial charge in [-0.25, -0.2) is 14.6 Å². The molecule has 2 unspecified atom stereocenters. The number of likely N-dealkylation sites (tertiary alicyclic amines) is 1. The molecule has 0 bridgehead atoms. The van der Waals surface area contributed by atoms with Crippen molar-refractivity contribution < 1.29 is 19.1 Å². The van der Waals surface area contributed by atoms with Gasteiger partial charge in [0.2, 0.25) is 0 Å². The Kier molecular flexibility index (Phi) is 7.93. The largest absolute Gasteiger partial charge is 0.444 e. The Labute approximate surface area is 264 Å². The quantitative estimate of drug-likeness (QED) is 0.320. The number of anilines is 2. The summed E-state index contributed by atoms with van der Waals surface area (Å²) in [4.78, 5) is 40.2. The smallest absolute Gasteiger partial charge is 0.410 e. The predicted molar refractivity (Wildman–Crippen MR) is 177 cm³/mol. The number of aryl methyl sites for hydroxylation is 1. The maximum Gasteiger partial charge on any atom is 0.410 e. The highest BCUT2D eigenvalue weighted by molar-refractivity contribution is 7.19. The Balaban J connectivity index is 1.19. The third kappa shape index (κ3) is 6.46. The number of fused-ring (bicyclic) bond motifs is 2. The van der Waals surface area contributed by atoms with Crippen LogP contribution >= 0.6 is 11.3 Å². The first-order valence-electron chi connectivity index (χ1n) is 15.7. The van der Waals surface area contributed by atoms with Crippen LogP contribution in [0.4, 0.5) is 21.0 Å². The van der Waals surface area contributed by atoms with Gasteiger partial charge in [-0.2, -0.15) is 0 Å². The van der Waals surface area contributed by atoms with Crippen LogP contribution in [0.5, 0.6) is 0 Å². The number of nitrogens with zero attached hydrogens (tertiary/aromatic N) is 5. The van der Waals surface area contributed by atoms with E-state index in [1.807, 2.05) is 46.4 Å². The molecule has 10 heteroatoms. The number of thiophene rings is 1. The first kappa shape index (κ1) is 30.5. The lowest BCUT2D eigenvalue weighted by Crippen LogP contribution is -2.50. The zero-order chi connectivity index (χ0) is 31.4. The van der Waals surface area contributed by atoms with E-state index in [9.17, 15) is 9.59 Å². The van der Waals surface area contributed by atoms with Crippen LogP contribution < -0.4 is 9.80 Å². The van der Waals surface area contributed by atoms with Gasteiger partial charge in [-0.1, -0.05) is 12.1 Å². The van der Waals surface area contributed by atoms with E-state index in [1.165, 1.54) is 15.3 Å². The van der Waals surface area contributed by atoms with Gasteiger partial charge in [0.1, 0.15) is 11.2 Å². The van der Waals surface area contributed by atoms with E-state index in [4.69, 9.17) is 14.5 Å². The third-order valence-corrected chi connectivity index (χ3v) is 9.61. The first-order valence-corrected chi connectivity index (χ1v) is 16.5. The molecule has 0 spiro atoms. The van der Waals surface area contributed by atoms with E-state index in [2.05, 4.69) is 53.1 Å². The molecule has 0 radical (unpaired) electrons. The molecule has 3 fully saturated rings. The summed E-state index contributed by atoms with van der Waals surface area (Å²) in [5.41, 5.74) is 4.41. The molecular weight excluding hydrogens is 574 g/mol. The summed E-state index contributed by atoms with van der Waals surface area (Å²) in [5.74, 6) is 0.435. The number of carbonyl (C=O) groups is 2. The molecule has 6 rings (SSSR count). The van der Waals surface area contributed by atoms with Crippen LogP contribution in [0.1, 0.15) is 52.8 Å². The van der Waals surface area contributed by atoms with Crippen LogP contribution in [-0.4, -0.2) is 90.0 Å². The average molecular weight is 620 g/mol. The number of amides is 2. The lowest BCUT2D eigenvalue weighted by Gasteiger charge is -2.36. The van der Waals surface area contributed by atoms with Crippen molar-refractivity contribution >= 4 is 45.1 Å². The number of benzene rings is 1. The molecular formula is C34H45N5O4S. The molecule has 2 amide bonds. The molecule has 2 atom stereocenters. The van der Waals surface area contributed by atoms with Gasteiger partial charge in [0.05, 0.1) is 27.6 Å². The molecule has 9 nitrogen and oxygen atoms in total. The van der Waals surface area contributed by atoms with Crippen molar-refractivity contribution in [3.8, 4) is 11.3 Å². The molecule has 2 aromatic heterocycles. The van der Waals surface area contributed by atoms with Crippen LogP contribution in [0.15, 0.2) is 36.4 Å². The highest BCUT2D eigenvalue weighted by atomic mass is 32.1. The molecule has 5 heterocycles. The number of ether oxygens (including phenoxy) is 2. The maximum atomic E-state index is 12.9. The van der Waals surface area contributed by atoms with Gasteiger partial charge in [0.15, 0.2) is 0 Å². The number of carbonyl (C=O) groups excluding carboxylic acids is 2. The van der Waals surface area contributed by atoms with E-state index in [0.717, 1.165) is 55.1 Å². The Morgan fingerprint density at radius 1 is 0.841 bits per heavy atom. The van der Waals surface area contributed by atoms with Crippen LogP contribution in [0.25, 0.3) is 21.5 Å². The summed E-state index contributed by atoms with van der Waals surface area (Å²) in [6.45, 7) is 18.8. The third-order valence-electron chi connectivity index (χ3n) is 8.55. The molecule has 3 aliphatic rings. The summed E-state index contributed by atoms with van der Waals surface area (Å²) in [6.07, 6.45) is 0.599. The van der Waals surface area contributed by atoms with Crippen LogP contribution in [-0.2, 0) is 9.47 Å². The predicted octanol–water partition coefficient (Wildman–Crippen LogP) is 6.77. The molecule has 3 saturated heterocycles. The van der Waals surface area contributed by atoms with Crippen molar-refractivity contribution in [2.45, 2.75) is 72.1 Å². The van der Waals surface area contributed by atoms with Gasteiger partial charge in [0.25, 0.3) is 0 Å². The number of hydrogen-bond acceptors (Lipinski definition) is 8. The van der Waals surface area contributed by atoms with Gasteiger partial charge in [0, 0.05) is 67.9 Å². The van der Waals surface area contributed by atoms with E-state index in [0.29, 0.717) is 25.6 Å². The normalized spacial score (nSPS) is 20.8. The maximum absolute atomic E-state index is 12.9. The average Bonchev–Trinajstić information content (AvgIpc) is 3.64. The second kappa shape index (κ2) is 11.4. The van der Waals surface area contributed by atoms with Gasteiger partial charge >= 0.3 is 12.2 Å². The highest BCUT2D eigenvalue weighted by Gasteiger charge is 2.44. The van der Waals surface area contributed by atoms with Crippen molar-refractivity contribution in [3.63, 3.8) is 0 Å². The van der Waals surface area contributed by atoms with Gasteiger partial charge in [-0.15, -0.1) is 11.3 Å². The van der Waals surface area contributed by atoms with E-state index >= 15 is 0 Å². The van der Waals surface area contributed by atoms with Gasteiger partial charge in [-0.05, 0) is 79.2 Å². The van der Waals surface area contributed by atoms with E-state index in [-0.39, 0.29) is 18.2 Å². The van der Waals surface area contributed by atoms with Crippen LogP contribution in [0.2, 0.25) is 0 Å². The molecule has 3 aliphatic heterocycles. The summed E-state index contributed by atoms with van der Waals surface area (Å²) >= 11 is 1.79. The number of rotatable bonds is 3. The van der Waals surface area contributed by atoms with E-state index in [1.54, 1.807) is 16.2 Å². The Morgan fingerprint density at radius 3 is 2.11 bits per heavy atom.